The molecule has 0 aliphatic carbocycles. The van der Waals surface area contributed by atoms with Gasteiger partial charge in [-0.3, -0.25) is 10.1 Å². The zero-order valence-electron chi connectivity index (χ0n) is 7.77. The maximum atomic E-state index is 10.6. The Morgan fingerprint density at radius 1 is 1.57 bits per heavy atom. The highest BCUT2D eigenvalue weighted by molar-refractivity contribution is 5.55. The van der Waals surface area contributed by atoms with Crippen molar-refractivity contribution in [3.63, 3.8) is 0 Å². The van der Waals surface area contributed by atoms with Crippen LogP contribution in [-0.4, -0.2) is 12.0 Å². The molecule has 0 atom stereocenters. The molecule has 0 aliphatic rings. The van der Waals surface area contributed by atoms with Gasteiger partial charge in [0, 0.05) is 6.07 Å². The van der Waals surface area contributed by atoms with Crippen LogP contribution in [0.5, 0.6) is 5.75 Å². The fourth-order valence-corrected chi connectivity index (χ4v) is 1.10. The lowest BCUT2D eigenvalue weighted by Crippen LogP contribution is -1.96. The van der Waals surface area contributed by atoms with Crippen LogP contribution >= 0.6 is 0 Å². The summed E-state index contributed by atoms with van der Waals surface area (Å²) in [5, 5.41) is 19.3. The first kappa shape index (κ1) is 9.99. The number of ether oxygens (including phenoxy) is 1. The highest BCUT2D eigenvalue weighted by atomic mass is 16.6. The van der Waals surface area contributed by atoms with Gasteiger partial charge in [-0.15, -0.1) is 0 Å². The third-order valence-corrected chi connectivity index (χ3v) is 1.84. The van der Waals surface area contributed by atoms with E-state index in [4.69, 9.17) is 10.00 Å². The Morgan fingerprint density at radius 2 is 2.21 bits per heavy atom. The smallest absolute Gasteiger partial charge is 0.312 e. The minimum Gasteiger partial charge on any atom is -0.490 e. The zero-order valence-corrected chi connectivity index (χ0v) is 7.77. The zero-order chi connectivity index (χ0) is 10.7. The van der Waals surface area contributed by atoms with E-state index in [1.807, 2.05) is 6.07 Å². The average molecular weight is 192 g/mol. The second-order valence-corrected chi connectivity index (χ2v) is 2.71. The van der Waals surface area contributed by atoms with Crippen molar-refractivity contribution in [3.05, 3.63) is 33.4 Å². The van der Waals surface area contributed by atoms with Gasteiger partial charge in [-0.05, 0) is 18.6 Å². The molecule has 0 spiro atoms. The quantitative estimate of drug-likeness (QED) is 0.528. The summed E-state index contributed by atoms with van der Waals surface area (Å²) in [4.78, 5) is 10.0. The van der Waals surface area contributed by atoms with Gasteiger partial charge >= 0.3 is 5.69 Å². The molecule has 0 saturated heterocycles. The number of benzene rings is 1. The van der Waals surface area contributed by atoms with Gasteiger partial charge in [0.2, 0.25) is 0 Å². The summed E-state index contributed by atoms with van der Waals surface area (Å²) in [6.07, 6.45) is 0. The molecule has 0 unspecified atom stereocenters. The molecule has 0 heterocycles. The van der Waals surface area contributed by atoms with Gasteiger partial charge in [-0.2, -0.15) is 5.26 Å². The van der Waals surface area contributed by atoms with Gasteiger partial charge in [0.25, 0.3) is 0 Å². The molecule has 1 aromatic rings. The summed E-state index contributed by atoms with van der Waals surface area (Å²) in [6.45, 7) is 1.70. The van der Waals surface area contributed by atoms with E-state index < -0.39 is 4.92 Å². The molecule has 0 bridgehead atoms. The largest absolute Gasteiger partial charge is 0.490 e. The fourth-order valence-electron chi connectivity index (χ4n) is 1.10. The second kappa shape index (κ2) is 3.75. The Kier molecular flexibility index (Phi) is 2.67. The Hall–Kier alpha value is -2.09. The molecular formula is C9H8N2O3. The monoisotopic (exact) mass is 192 g/mol. The van der Waals surface area contributed by atoms with E-state index >= 15 is 0 Å². The number of hydrogen-bond donors (Lipinski definition) is 0. The van der Waals surface area contributed by atoms with Crippen LogP contribution in [0.4, 0.5) is 5.69 Å². The van der Waals surface area contributed by atoms with Crippen LogP contribution in [0.2, 0.25) is 0 Å². The van der Waals surface area contributed by atoms with Gasteiger partial charge in [-0.1, -0.05) is 0 Å². The SMILES string of the molecule is COc1cc(C)c(C#N)cc1[N+](=O)[O-]. The van der Waals surface area contributed by atoms with Crippen LogP contribution in [0.15, 0.2) is 12.1 Å². The molecule has 0 amide bonds. The van der Waals surface area contributed by atoms with Crippen LogP contribution in [0.1, 0.15) is 11.1 Å². The summed E-state index contributed by atoms with van der Waals surface area (Å²) >= 11 is 0. The standard InChI is InChI=1S/C9H8N2O3/c1-6-3-9(14-2)8(11(12)13)4-7(6)5-10/h3-4H,1-2H3. The molecule has 0 aromatic heterocycles. The van der Waals surface area contributed by atoms with Gasteiger partial charge in [0.15, 0.2) is 5.75 Å². The Balaban J connectivity index is 3.42. The lowest BCUT2D eigenvalue weighted by atomic mass is 10.1. The Labute approximate surface area is 80.7 Å². The van der Waals surface area contributed by atoms with E-state index in [1.54, 1.807) is 6.92 Å². The third kappa shape index (κ3) is 1.64. The molecule has 1 aromatic carbocycles. The van der Waals surface area contributed by atoms with Crippen molar-refractivity contribution < 1.29 is 9.66 Å². The number of nitro groups is 1. The summed E-state index contributed by atoms with van der Waals surface area (Å²) in [5.41, 5.74) is 0.766. The van der Waals surface area contributed by atoms with E-state index in [1.165, 1.54) is 19.2 Å². The molecule has 5 nitrogen and oxygen atoms in total. The molecule has 0 radical (unpaired) electrons. The van der Waals surface area contributed by atoms with Crippen LogP contribution in [0, 0.1) is 28.4 Å². The van der Waals surface area contributed by atoms with Crippen molar-refractivity contribution >= 4 is 5.69 Å². The third-order valence-electron chi connectivity index (χ3n) is 1.84. The summed E-state index contributed by atoms with van der Waals surface area (Å²) in [7, 11) is 1.35. The number of aryl methyl sites for hydroxylation is 1. The minimum absolute atomic E-state index is 0.173. The van der Waals surface area contributed by atoms with Gasteiger partial charge in [0.1, 0.15) is 0 Å². The molecular weight excluding hydrogens is 184 g/mol. The fraction of sp³-hybridized carbons (Fsp3) is 0.222. The number of rotatable bonds is 2. The molecule has 0 aliphatic heterocycles. The first-order chi connectivity index (χ1) is 6.60. The number of nitrogens with zero attached hydrogens (tertiary/aromatic N) is 2. The normalized spacial score (nSPS) is 9.21. The average Bonchev–Trinajstić information content (AvgIpc) is 2.16. The maximum Gasteiger partial charge on any atom is 0.312 e. The maximum absolute atomic E-state index is 10.6. The van der Waals surface area contributed by atoms with E-state index in [9.17, 15) is 10.1 Å². The van der Waals surface area contributed by atoms with Crippen molar-refractivity contribution in [1.82, 2.24) is 0 Å². The lowest BCUT2D eigenvalue weighted by molar-refractivity contribution is -0.385. The Bertz CT molecular complexity index is 421. The Morgan fingerprint density at radius 3 is 2.64 bits per heavy atom. The highest BCUT2D eigenvalue weighted by Crippen LogP contribution is 2.29. The van der Waals surface area contributed by atoms with Crippen molar-refractivity contribution in [1.29, 1.82) is 5.26 Å². The summed E-state index contributed by atoms with van der Waals surface area (Å²) in [6, 6.07) is 4.58. The van der Waals surface area contributed by atoms with Crippen LogP contribution in [-0.2, 0) is 0 Å². The van der Waals surface area contributed by atoms with E-state index in [2.05, 4.69) is 0 Å². The summed E-state index contributed by atoms with van der Waals surface area (Å²) < 4.78 is 4.84. The first-order valence-electron chi connectivity index (χ1n) is 3.83. The molecule has 5 heteroatoms. The highest BCUT2D eigenvalue weighted by Gasteiger charge is 2.16. The minimum atomic E-state index is -0.570. The number of hydrogen-bond acceptors (Lipinski definition) is 4. The number of nitro benzene ring substituents is 1. The van der Waals surface area contributed by atoms with Gasteiger partial charge in [0.05, 0.1) is 23.7 Å². The van der Waals surface area contributed by atoms with Crippen molar-refractivity contribution in [2.24, 2.45) is 0 Å². The predicted octanol–water partition coefficient (Wildman–Crippen LogP) is 1.78. The van der Waals surface area contributed by atoms with E-state index in [-0.39, 0.29) is 17.0 Å². The molecule has 72 valence electrons. The van der Waals surface area contributed by atoms with Crippen molar-refractivity contribution in [2.75, 3.05) is 7.11 Å². The molecule has 1 rings (SSSR count). The molecule has 0 N–H and O–H groups in total. The molecule has 0 saturated carbocycles. The molecule has 0 fully saturated rings. The van der Waals surface area contributed by atoms with Crippen molar-refractivity contribution in [3.8, 4) is 11.8 Å². The van der Waals surface area contributed by atoms with Gasteiger partial charge < -0.3 is 4.74 Å². The lowest BCUT2D eigenvalue weighted by Gasteiger charge is -2.03. The van der Waals surface area contributed by atoms with Crippen LogP contribution in [0.3, 0.4) is 0 Å². The second-order valence-electron chi connectivity index (χ2n) is 2.71. The predicted molar refractivity (Wildman–Crippen MR) is 49.1 cm³/mol. The topological polar surface area (TPSA) is 76.2 Å². The van der Waals surface area contributed by atoms with E-state index in [0.717, 1.165) is 0 Å². The van der Waals surface area contributed by atoms with Crippen molar-refractivity contribution in [2.45, 2.75) is 6.92 Å². The van der Waals surface area contributed by atoms with Crippen LogP contribution < -0.4 is 4.74 Å². The summed E-state index contributed by atoms with van der Waals surface area (Å²) in [5.74, 6) is 0.173. The molecule has 14 heavy (non-hydrogen) atoms. The van der Waals surface area contributed by atoms with E-state index in [0.29, 0.717) is 5.56 Å². The van der Waals surface area contributed by atoms with Crippen LogP contribution in [0.25, 0.3) is 0 Å². The first-order valence-corrected chi connectivity index (χ1v) is 3.83. The van der Waals surface area contributed by atoms with Gasteiger partial charge in [-0.25, -0.2) is 0 Å². The number of nitriles is 1. The number of methoxy groups -OCH3 is 1.